The van der Waals surface area contributed by atoms with Gasteiger partial charge in [0.1, 0.15) is 0 Å². The first-order valence-electron chi connectivity index (χ1n) is 8.36. The fourth-order valence-electron chi connectivity index (χ4n) is 3.33. The molecule has 1 aliphatic rings. The molecule has 0 saturated heterocycles. The Balaban J connectivity index is 1.87. The van der Waals surface area contributed by atoms with Gasteiger partial charge in [-0.1, -0.05) is 30.3 Å². The van der Waals surface area contributed by atoms with Crippen LogP contribution < -0.4 is 10.0 Å². The van der Waals surface area contributed by atoms with Gasteiger partial charge in [-0.25, -0.2) is 13.2 Å². The molecular weight excluding hydrogens is 368 g/mol. The smallest absolute Gasteiger partial charge is 0.339 e. The first-order chi connectivity index (χ1) is 12.7. The van der Waals surface area contributed by atoms with Crippen LogP contribution in [0.1, 0.15) is 34.5 Å². The molecule has 0 aliphatic carbocycles. The average molecular weight is 388 g/mol. The number of nitrogens with two attached hydrogens (primary N) is 1. The first kappa shape index (κ1) is 18.9. The highest BCUT2D eigenvalue weighted by Gasteiger charge is 2.33. The van der Waals surface area contributed by atoms with Crippen molar-refractivity contribution in [1.82, 2.24) is 0 Å². The van der Waals surface area contributed by atoms with Crippen LogP contribution in [-0.2, 0) is 26.0 Å². The molecule has 0 unspecified atom stereocenters. The fourth-order valence-corrected chi connectivity index (χ4v) is 4.59. The first-order valence-corrected chi connectivity index (χ1v) is 10.2. The van der Waals surface area contributed by atoms with Crippen LogP contribution in [0.5, 0.6) is 0 Å². The zero-order valence-corrected chi connectivity index (χ0v) is 15.8. The summed E-state index contributed by atoms with van der Waals surface area (Å²) in [5, 5.41) is 0. The Kier molecular flexibility index (Phi) is 4.93. The van der Waals surface area contributed by atoms with E-state index in [9.17, 15) is 18.0 Å². The van der Waals surface area contributed by atoms with E-state index in [1.807, 2.05) is 0 Å². The summed E-state index contributed by atoms with van der Waals surface area (Å²) in [5.74, 6) is -1.47. The van der Waals surface area contributed by atoms with Crippen molar-refractivity contribution in [3.8, 4) is 0 Å². The molecule has 0 aromatic heterocycles. The summed E-state index contributed by atoms with van der Waals surface area (Å²) in [4.78, 5) is 24.3. The lowest BCUT2D eigenvalue weighted by Crippen LogP contribution is -2.34. The number of primary amides is 1. The van der Waals surface area contributed by atoms with E-state index in [0.717, 1.165) is 11.8 Å². The predicted molar refractivity (Wildman–Crippen MR) is 101 cm³/mol. The quantitative estimate of drug-likeness (QED) is 0.786. The van der Waals surface area contributed by atoms with Crippen molar-refractivity contribution in [1.29, 1.82) is 0 Å². The maximum absolute atomic E-state index is 12.5. The van der Waals surface area contributed by atoms with E-state index in [-0.39, 0.29) is 11.6 Å². The summed E-state index contributed by atoms with van der Waals surface area (Å²) in [5.41, 5.74) is 7.38. The number of amides is 1. The molecule has 2 atom stereocenters. The monoisotopic (exact) mass is 388 g/mol. The van der Waals surface area contributed by atoms with Crippen molar-refractivity contribution in [3.63, 3.8) is 0 Å². The number of carbonyl (C=O) groups excluding carboxylic acids is 2. The van der Waals surface area contributed by atoms with Crippen molar-refractivity contribution in [2.24, 2.45) is 5.73 Å². The Hall–Kier alpha value is -2.87. The molecule has 7 nitrogen and oxygen atoms in total. The third-order valence-corrected chi connectivity index (χ3v) is 5.68. The molecule has 1 amide bonds. The number of benzene rings is 2. The largest absolute Gasteiger partial charge is 0.444 e. The molecular formula is C19H20N2O5S. The molecule has 2 N–H and O–H groups in total. The number of rotatable bonds is 5. The molecule has 0 bridgehead atoms. The lowest BCUT2D eigenvalue weighted by atomic mass is 10.1. The zero-order chi connectivity index (χ0) is 19.8. The second kappa shape index (κ2) is 7.03. The Labute approximate surface area is 157 Å². The van der Waals surface area contributed by atoms with Gasteiger partial charge in [0.05, 0.1) is 17.5 Å². The van der Waals surface area contributed by atoms with Gasteiger partial charge in [-0.3, -0.25) is 9.10 Å². The van der Waals surface area contributed by atoms with Crippen LogP contribution in [0.15, 0.2) is 48.5 Å². The van der Waals surface area contributed by atoms with Gasteiger partial charge in [0.25, 0.3) is 5.91 Å². The number of sulfonamides is 1. The summed E-state index contributed by atoms with van der Waals surface area (Å²) in [6.45, 7) is 1.80. The Morgan fingerprint density at radius 1 is 1.19 bits per heavy atom. The summed E-state index contributed by atoms with van der Waals surface area (Å²) in [7, 11) is -3.41. The molecule has 0 fully saturated rings. The number of esters is 1. The normalized spacial score (nSPS) is 17.3. The van der Waals surface area contributed by atoms with Crippen LogP contribution in [-0.4, -0.2) is 32.6 Å². The van der Waals surface area contributed by atoms with E-state index in [1.165, 1.54) is 10.4 Å². The van der Waals surface area contributed by atoms with E-state index >= 15 is 0 Å². The number of hydrogen-bond donors (Lipinski definition) is 1. The van der Waals surface area contributed by atoms with Crippen LogP contribution in [0.2, 0.25) is 0 Å². The summed E-state index contributed by atoms with van der Waals surface area (Å²) >= 11 is 0. The highest BCUT2D eigenvalue weighted by Crippen LogP contribution is 2.35. The molecule has 2 aromatic rings. The van der Waals surface area contributed by atoms with Crippen molar-refractivity contribution in [2.75, 3.05) is 10.6 Å². The van der Waals surface area contributed by atoms with Crippen LogP contribution >= 0.6 is 0 Å². The SMILES string of the molecule is C[C@H]1Cc2cc(C(=O)O[C@H](C(N)=O)c3ccccc3)ccc2N1S(C)(=O)=O. The van der Waals surface area contributed by atoms with E-state index < -0.39 is 28.0 Å². The van der Waals surface area contributed by atoms with Crippen LogP contribution in [0.3, 0.4) is 0 Å². The molecule has 0 spiro atoms. The second-order valence-electron chi connectivity index (χ2n) is 6.55. The highest BCUT2D eigenvalue weighted by atomic mass is 32.2. The predicted octanol–water partition coefficient (Wildman–Crippen LogP) is 1.78. The summed E-state index contributed by atoms with van der Waals surface area (Å²) in [6, 6.07) is 12.9. The third kappa shape index (κ3) is 3.80. The topological polar surface area (TPSA) is 107 Å². The fraction of sp³-hybridized carbons (Fsp3) is 0.263. The molecule has 1 heterocycles. The van der Waals surface area contributed by atoms with Gasteiger partial charge < -0.3 is 10.5 Å². The minimum atomic E-state index is -3.41. The number of anilines is 1. The van der Waals surface area contributed by atoms with Gasteiger partial charge in [0, 0.05) is 11.6 Å². The maximum atomic E-state index is 12.5. The van der Waals surface area contributed by atoms with Crippen molar-refractivity contribution < 1.29 is 22.7 Å². The van der Waals surface area contributed by atoms with Crippen LogP contribution in [0.4, 0.5) is 5.69 Å². The molecule has 142 valence electrons. The lowest BCUT2D eigenvalue weighted by molar-refractivity contribution is -0.127. The van der Waals surface area contributed by atoms with Gasteiger partial charge >= 0.3 is 5.97 Å². The van der Waals surface area contributed by atoms with Crippen LogP contribution in [0, 0.1) is 0 Å². The van der Waals surface area contributed by atoms with E-state index in [0.29, 0.717) is 17.7 Å². The van der Waals surface area contributed by atoms with E-state index in [1.54, 1.807) is 49.4 Å². The number of carbonyl (C=O) groups is 2. The Morgan fingerprint density at radius 3 is 2.44 bits per heavy atom. The minimum Gasteiger partial charge on any atom is -0.444 e. The number of ether oxygens (including phenoxy) is 1. The molecule has 3 rings (SSSR count). The molecule has 1 aliphatic heterocycles. The highest BCUT2D eigenvalue weighted by molar-refractivity contribution is 7.92. The second-order valence-corrected chi connectivity index (χ2v) is 8.41. The van der Waals surface area contributed by atoms with Gasteiger partial charge in [-0.2, -0.15) is 0 Å². The number of hydrogen-bond acceptors (Lipinski definition) is 5. The molecule has 2 aromatic carbocycles. The molecule has 0 saturated carbocycles. The minimum absolute atomic E-state index is 0.232. The standard InChI is InChI=1S/C19H20N2O5S/c1-12-10-15-11-14(8-9-16(15)21(12)27(2,24)25)19(23)26-17(18(20)22)13-6-4-3-5-7-13/h3-9,11-12,17H,10H2,1-2H3,(H2,20,22)/t12-,17-/m0/s1. The van der Waals surface area contributed by atoms with Gasteiger partial charge in [-0.15, -0.1) is 0 Å². The third-order valence-electron chi connectivity index (χ3n) is 4.41. The van der Waals surface area contributed by atoms with Crippen molar-refractivity contribution in [2.45, 2.75) is 25.5 Å². The average Bonchev–Trinajstić information content (AvgIpc) is 2.94. The van der Waals surface area contributed by atoms with E-state index in [4.69, 9.17) is 10.5 Å². The number of fused-ring (bicyclic) bond motifs is 1. The maximum Gasteiger partial charge on any atom is 0.339 e. The van der Waals surface area contributed by atoms with Gasteiger partial charge in [0.15, 0.2) is 0 Å². The number of nitrogens with zero attached hydrogens (tertiary/aromatic N) is 1. The van der Waals surface area contributed by atoms with Crippen molar-refractivity contribution >= 4 is 27.6 Å². The summed E-state index contributed by atoms with van der Waals surface area (Å²) in [6.07, 6.45) is 0.443. The Morgan fingerprint density at radius 2 is 1.85 bits per heavy atom. The lowest BCUT2D eigenvalue weighted by Gasteiger charge is -2.22. The Bertz CT molecular complexity index is 988. The summed E-state index contributed by atoms with van der Waals surface area (Å²) < 4.78 is 30.6. The molecule has 8 heteroatoms. The van der Waals surface area contributed by atoms with E-state index in [2.05, 4.69) is 0 Å². The molecule has 27 heavy (non-hydrogen) atoms. The van der Waals surface area contributed by atoms with Gasteiger partial charge in [-0.05, 0) is 37.1 Å². The molecule has 0 radical (unpaired) electrons. The van der Waals surface area contributed by atoms with Crippen LogP contribution in [0.25, 0.3) is 0 Å². The zero-order valence-electron chi connectivity index (χ0n) is 15.0. The van der Waals surface area contributed by atoms with Gasteiger partial charge in [0.2, 0.25) is 16.1 Å². The van der Waals surface area contributed by atoms with Crippen molar-refractivity contribution in [3.05, 3.63) is 65.2 Å².